The molecule has 4 aliphatic heterocycles. The van der Waals surface area contributed by atoms with E-state index in [-0.39, 0.29) is 30.2 Å². The summed E-state index contributed by atoms with van der Waals surface area (Å²) in [5.41, 5.74) is 11.9. The van der Waals surface area contributed by atoms with E-state index in [1.54, 1.807) is 30.3 Å². The van der Waals surface area contributed by atoms with Gasteiger partial charge in [0.2, 0.25) is 0 Å². The molecule has 0 unspecified atom stereocenters. The molecule has 0 saturated carbocycles. The molecule has 4 aliphatic rings. The summed E-state index contributed by atoms with van der Waals surface area (Å²) < 4.78 is 20.0. The van der Waals surface area contributed by atoms with Gasteiger partial charge in [0.25, 0.3) is 5.69 Å². The number of nitro benzene ring substituents is 1. The summed E-state index contributed by atoms with van der Waals surface area (Å²) in [6.07, 6.45) is 0. The molecule has 0 spiro atoms. The molecule has 2 N–H and O–H groups in total. The first kappa shape index (κ1) is 30.9. The fourth-order valence-corrected chi connectivity index (χ4v) is 4.86. The summed E-state index contributed by atoms with van der Waals surface area (Å²) >= 11 is 3.28. The highest BCUT2D eigenvalue weighted by molar-refractivity contribution is 9.10. The number of non-ortho nitro benzene ring substituents is 1. The lowest BCUT2D eigenvalue weighted by Crippen LogP contribution is -1.95. The Balaban J connectivity index is 0.000000119. The Morgan fingerprint density at radius 1 is 0.578 bits per heavy atom. The van der Waals surface area contributed by atoms with Crippen molar-refractivity contribution in [3.05, 3.63) is 138 Å². The highest BCUT2D eigenvalue weighted by Crippen LogP contribution is 2.25. The van der Waals surface area contributed by atoms with Crippen LogP contribution >= 0.6 is 15.9 Å². The summed E-state index contributed by atoms with van der Waals surface area (Å²) in [6.45, 7) is 1.46. The van der Waals surface area contributed by atoms with Gasteiger partial charge >= 0.3 is 23.9 Å². The number of carbonyl (C=O) groups excluding carboxylic acids is 4. The number of hydrogen-bond donors (Lipinski definition) is 1. The van der Waals surface area contributed by atoms with Crippen molar-refractivity contribution >= 4 is 51.2 Å². The number of cyclic esters (lactones) is 4. The lowest BCUT2D eigenvalue weighted by molar-refractivity contribution is -0.384. The number of hydrogen-bond acceptors (Lipinski definition) is 11. The van der Waals surface area contributed by atoms with Crippen molar-refractivity contribution in [1.82, 2.24) is 0 Å². The molecule has 0 aromatic heterocycles. The van der Waals surface area contributed by atoms with Gasteiger partial charge in [0.05, 0.1) is 27.2 Å². The predicted octanol–water partition coefficient (Wildman–Crippen LogP) is 5.68. The van der Waals surface area contributed by atoms with Crippen LogP contribution in [0.1, 0.15) is 63.7 Å². The molecule has 4 aromatic carbocycles. The zero-order valence-electron chi connectivity index (χ0n) is 23.3. The van der Waals surface area contributed by atoms with Crippen molar-refractivity contribution in [3.8, 4) is 0 Å². The van der Waals surface area contributed by atoms with Crippen molar-refractivity contribution in [3.63, 3.8) is 0 Å². The summed E-state index contributed by atoms with van der Waals surface area (Å²) in [5, 5.41) is 10.4. The van der Waals surface area contributed by atoms with E-state index in [9.17, 15) is 29.3 Å². The van der Waals surface area contributed by atoms with E-state index in [2.05, 4.69) is 15.9 Å². The number of carbonyl (C=O) groups is 4. The maximum Gasteiger partial charge on any atom is 0.339 e. The molecule has 12 nitrogen and oxygen atoms in total. The number of nitrogens with zero attached hydrogens (tertiary/aromatic N) is 1. The number of nitro groups is 1. The molecule has 0 radical (unpaired) electrons. The third-order valence-corrected chi connectivity index (χ3v) is 7.34. The summed E-state index contributed by atoms with van der Waals surface area (Å²) in [6, 6.07) is 22.4. The first-order valence-corrected chi connectivity index (χ1v) is 14.1. The minimum Gasteiger partial charge on any atom is -0.457 e. The monoisotopic (exact) mass is 674 g/mol. The Hall–Kier alpha value is -5.56. The van der Waals surface area contributed by atoms with Crippen LogP contribution in [-0.4, -0.2) is 28.8 Å². The third-order valence-electron chi connectivity index (χ3n) is 6.84. The predicted molar refractivity (Wildman–Crippen MR) is 161 cm³/mol. The van der Waals surface area contributed by atoms with Crippen LogP contribution in [0.3, 0.4) is 0 Å². The molecule has 13 heteroatoms. The van der Waals surface area contributed by atoms with Gasteiger partial charge in [0.1, 0.15) is 26.4 Å². The van der Waals surface area contributed by atoms with Gasteiger partial charge in [-0.2, -0.15) is 0 Å². The minimum absolute atomic E-state index is 0.0856. The van der Waals surface area contributed by atoms with Gasteiger partial charge in [0, 0.05) is 44.5 Å². The number of halogens is 1. The molecule has 45 heavy (non-hydrogen) atoms. The topological polar surface area (TPSA) is 174 Å². The second kappa shape index (κ2) is 13.4. The number of ether oxygens (including phenoxy) is 4. The quantitative estimate of drug-likeness (QED) is 0.0864. The number of nitrogens with two attached hydrogens (primary N) is 1. The number of anilines is 1. The lowest BCUT2D eigenvalue weighted by Gasteiger charge is -1.94. The van der Waals surface area contributed by atoms with Crippen LogP contribution in [-0.2, 0) is 45.4 Å². The van der Waals surface area contributed by atoms with Gasteiger partial charge in [-0.1, -0.05) is 46.3 Å². The van der Waals surface area contributed by atoms with Gasteiger partial charge in [-0.25, -0.2) is 19.2 Å². The van der Waals surface area contributed by atoms with E-state index in [0.717, 1.165) is 21.2 Å². The van der Waals surface area contributed by atoms with E-state index in [0.29, 0.717) is 53.3 Å². The molecule has 0 atom stereocenters. The van der Waals surface area contributed by atoms with E-state index in [4.69, 9.17) is 24.7 Å². The fourth-order valence-electron chi connectivity index (χ4n) is 4.50. The number of fused-ring (bicyclic) bond motifs is 4. The smallest absolute Gasteiger partial charge is 0.339 e. The van der Waals surface area contributed by atoms with Crippen molar-refractivity contribution in [1.29, 1.82) is 0 Å². The number of nitrogen functional groups attached to an aromatic ring is 1. The van der Waals surface area contributed by atoms with Crippen LogP contribution in [0.2, 0.25) is 0 Å². The second-order valence-electron chi connectivity index (χ2n) is 9.78. The summed E-state index contributed by atoms with van der Waals surface area (Å²) in [7, 11) is 0. The van der Waals surface area contributed by atoms with Crippen LogP contribution in [0.25, 0.3) is 0 Å². The van der Waals surface area contributed by atoms with Crippen LogP contribution in [0.15, 0.2) is 83.3 Å². The molecule has 0 amide bonds. The van der Waals surface area contributed by atoms with E-state index in [1.165, 1.54) is 12.1 Å². The van der Waals surface area contributed by atoms with Gasteiger partial charge in [0.15, 0.2) is 0 Å². The normalized spacial score (nSPS) is 14.2. The molecule has 8 rings (SSSR count). The van der Waals surface area contributed by atoms with Crippen LogP contribution in [0.5, 0.6) is 0 Å². The number of benzene rings is 4. The zero-order valence-corrected chi connectivity index (χ0v) is 24.9. The Labute approximate surface area is 263 Å². The first-order chi connectivity index (χ1) is 21.6. The van der Waals surface area contributed by atoms with E-state index >= 15 is 0 Å². The third kappa shape index (κ3) is 7.16. The van der Waals surface area contributed by atoms with Crippen LogP contribution < -0.4 is 5.73 Å². The van der Waals surface area contributed by atoms with Gasteiger partial charge in [-0.05, 0) is 36.4 Å². The van der Waals surface area contributed by atoms with Crippen molar-refractivity contribution in [2.75, 3.05) is 5.73 Å². The second-order valence-corrected chi connectivity index (χ2v) is 10.7. The minimum atomic E-state index is -0.536. The maximum absolute atomic E-state index is 11.0. The van der Waals surface area contributed by atoms with Gasteiger partial charge < -0.3 is 24.7 Å². The average molecular weight is 675 g/mol. The molecule has 0 saturated heterocycles. The van der Waals surface area contributed by atoms with Crippen molar-refractivity contribution in [2.45, 2.75) is 26.4 Å². The maximum atomic E-state index is 11.0. The number of rotatable bonds is 1. The highest BCUT2D eigenvalue weighted by Gasteiger charge is 2.24. The summed E-state index contributed by atoms with van der Waals surface area (Å²) in [5.74, 6) is -1.18. The highest BCUT2D eigenvalue weighted by atomic mass is 79.9. The Kier molecular flexibility index (Phi) is 9.19. The SMILES string of the molecule is Nc1ccc2c(c1)C(=O)OC2.O=C1OCc2ccc(Br)cc21.O=C1OCc2ccc([N+](=O)[O-])cc21.O=C1OCc2ccccc21. The molecule has 0 bridgehead atoms. The summed E-state index contributed by atoms with van der Waals surface area (Å²) in [4.78, 5) is 53.6. The Morgan fingerprint density at radius 2 is 1.02 bits per heavy atom. The molecule has 0 fully saturated rings. The zero-order chi connectivity index (χ0) is 32.1. The molecule has 4 heterocycles. The van der Waals surface area contributed by atoms with Crippen LogP contribution in [0, 0.1) is 10.1 Å². The van der Waals surface area contributed by atoms with Crippen molar-refractivity contribution in [2.24, 2.45) is 0 Å². The van der Waals surface area contributed by atoms with Crippen LogP contribution in [0.4, 0.5) is 11.4 Å². The molecular weight excluding hydrogens is 652 g/mol. The largest absolute Gasteiger partial charge is 0.457 e. The average Bonchev–Trinajstić information content (AvgIpc) is 3.81. The van der Waals surface area contributed by atoms with E-state index < -0.39 is 10.9 Å². The van der Waals surface area contributed by atoms with Crippen molar-refractivity contribution < 1.29 is 43.0 Å². The number of esters is 4. The fraction of sp³-hybridized carbons (Fsp3) is 0.125. The Bertz CT molecular complexity index is 1790. The molecular formula is C32H23BrN2O10. The van der Waals surface area contributed by atoms with Gasteiger partial charge in [-0.3, -0.25) is 10.1 Å². The molecule has 228 valence electrons. The molecule has 0 aliphatic carbocycles. The lowest BCUT2D eigenvalue weighted by atomic mass is 10.1. The first-order valence-electron chi connectivity index (χ1n) is 13.3. The Morgan fingerprint density at radius 3 is 1.58 bits per heavy atom. The van der Waals surface area contributed by atoms with E-state index in [1.807, 2.05) is 36.4 Å². The van der Waals surface area contributed by atoms with Gasteiger partial charge in [-0.15, -0.1) is 0 Å². The standard InChI is InChI=1S/C8H5BrO2.C8H5NO4.C8H7NO2.C8H6O2/c9-6-2-1-5-4-11-8(10)7(5)3-6;10-8-7-3-6(9(11)12)2-1-5(7)4-13-8;9-6-2-1-5-4-11-8(10)7(5)3-6;9-8-7-4-2-1-3-6(7)5-10-8/h1-3H,4H2;1-3H,4H2;1-3H,4,9H2;1-4H,5H2. The molecule has 4 aromatic rings.